The number of aromatic nitrogens is 1. The molecule has 1 heterocycles. The van der Waals surface area contributed by atoms with E-state index >= 15 is 0 Å². The second kappa shape index (κ2) is 4.22. The Balaban J connectivity index is 3.24. The summed E-state index contributed by atoms with van der Waals surface area (Å²) in [5.41, 5.74) is -0.138. The molecule has 0 fully saturated rings. The van der Waals surface area contributed by atoms with Gasteiger partial charge in [0.1, 0.15) is 0 Å². The van der Waals surface area contributed by atoms with Crippen LogP contribution in [0.5, 0.6) is 0 Å². The largest absolute Gasteiger partial charge is 0.392 e. The SMILES string of the molecule is Cc1cc(=O)n(CC(C)O)cc1[N+](=O)[O-]. The van der Waals surface area contributed by atoms with Crippen LogP contribution in [0.4, 0.5) is 5.69 Å². The molecule has 1 atom stereocenters. The number of aryl methyl sites for hydroxylation is 1. The molecule has 0 aliphatic carbocycles. The molecule has 0 bridgehead atoms. The maximum atomic E-state index is 11.4. The monoisotopic (exact) mass is 212 g/mol. The molecular formula is C9H12N2O4. The van der Waals surface area contributed by atoms with Gasteiger partial charge in [-0.15, -0.1) is 0 Å². The molecule has 1 unspecified atom stereocenters. The third kappa shape index (κ3) is 2.63. The fourth-order valence-electron chi connectivity index (χ4n) is 1.27. The molecule has 0 saturated carbocycles. The first kappa shape index (κ1) is 11.4. The van der Waals surface area contributed by atoms with Gasteiger partial charge in [-0.25, -0.2) is 0 Å². The zero-order chi connectivity index (χ0) is 11.6. The van der Waals surface area contributed by atoms with E-state index in [1.54, 1.807) is 0 Å². The van der Waals surface area contributed by atoms with E-state index in [2.05, 4.69) is 0 Å². The van der Waals surface area contributed by atoms with Crippen molar-refractivity contribution in [1.29, 1.82) is 0 Å². The van der Waals surface area contributed by atoms with Gasteiger partial charge >= 0.3 is 0 Å². The van der Waals surface area contributed by atoms with Crippen molar-refractivity contribution < 1.29 is 10.0 Å². The summed E-state index contributed by atoms with van der Waals surface area (Å²) < 4.78 is 1.13. The maximum absolute atomic E-state index is 11.4. The predicted octanol–water partition coefficient (Wildman–Crippen LogP) is 0.446. The second-order valence-electron chi connectivity index (χ2n) is 3.44. The molecule has 6 heteroatoms. The van der Waals surface area contributed by atoms with Crippen molar-refractivity contribution in [3.63, 3.8) is 0 Å². The lowest BCUT2D eigenvalue weighted by Gasteiger charge is -2.08. The van der Waals surface area contributed by atoms with E-state index in [0.717, 1.165) is 10.8 Å². The van der Waals surface area contributed by atoms with Crippen LogP contribution in [0.25, 0.3) is 0 Å². The Labute approximate surface area is 85.9 Å². The average molecular weight is 212 g/mol. The van der Waals surface area contributed by atoms with Gasteiger partial charge in [-0.2, -0.15) is 0 Å². The van der Waals surface area contributed by atoms with Gasteiger partial charge in [0.2, 0.25) is 0 Å². The number of nitro groups is 1. The Kier molecular flexibility index (Phi) is 3.21. The van der Waals surface area contributed by atoms with E-state index in [4.69, 9.17) is 5.11 Å². The van der Waals surface area contributed by atoms with Crippen LogP contribution < -0.4 is 5.56 Å². The minimum atomic E-state index is -0.718. The molecule has 15 heavy (non-hydrogen) atoms. The average Bonchev–Trinajstić information content (AvgIpc) is 2.08. The van der Waals surface area contributed by atoms with Crippen molar-refractivity contribution in [2.45, 2.75) is 26.5 Å². The van der Waals surface area contributed by atoms with Crippen LogP contribution in [0.15, 0.2) is 17.1 Å². The van der Waals surface area contributed by atoms with Gasteiger partial charge in [0.15, 0.2) is 0 Å². The van der Waals surface area contributed by atoms with E-state index in [9.17, 15) is 14.9 Å². The lowest BCUT2D eigenvalue weighted by Crippen LogP contribution is -2.25. The number of hydrogen-bond acceptors (Lipinski definition) is 4. The third-order valence-electron chi connectivity index (χ3n) is 1.96. The van der Waals surface area contributed by atoms with Crippen LogP contribution in [-0.4, -0.2) is 20.7 Å². The van der Waals surface area contributed by atoms with Gasteiger partial charge in [-0.05, 0) is 13.8 Å². The summed E-state index contributed by atoms with van der Waals surface area (Å²) in [7, 11) is 0. The summed E-state index contributed by atoms with van der Waals surface area (Å²) in [6, 6.07) is 1.19. The fraction of sp³-hybridized carbons (Fsp3) is 0.444. The molecule has 0 aromatic carbocycles. The topological polar surface area (TPSA) is 85.4 Å². The Morgan fingerprint density at radius 2 is 2.27 bits per heavy atom. The summed E-state index contributed by atoms with van der Waals surface area (Å²) in [4.78, 5) is 21.4. The van der Waals surface area contributed by atoms with E-state index in [0.29, 0.717) is 5.56 Å². The van der Waals surface area contributed by atoms with Crippen LogP contribution in [0.3, 0.4) is 0 Å². The first-order valence-corrected chi connectivity index (χ1v) is 4.45. The summed E-state index contributed by atoms with van der Waals surface area (Å²) in [6.45, 7) is 3.07. The minimum absolute atomic E-state index is 0.0555. The molecule has 1 aromatic heterocycles. The fourth-order valence-corrected chi connectivity index (χ4v) is 1.27. The highest BCUT2D eigenvalue weighted by Gasteiger charge is 2.13. The summed E-state index contributed by atoms with van der Waals surface area (Å²) in [6.07, 6.45) is 0.440. The van der Waals surface area contributed by atoms with Crippen LogP contribution in [-0.2, 0) is 6.54 Å². The first-order valence-electron chi connectivity index (χ1n) is 4.45. The van der Waals surface area contributed by atoms with Crippen molar-refractivity contribution in [1.82, 2.24) is 4.57 Å². The van der Waals surface area contributed by atoms with Crippen molar-refractivity contribution in [3.8, 4) is 0 Å². The third-order valence-corrected chi connectivity index (χ3v) is 1.96. The van der Waals surface area contributed by atoms with Gasteiger partial charge in [0.25, 0.3) is 11.2 Å². The molecule has 0 radical (unpaired) electrons. The Morgan fingerprint density at radius 3 is 2.73 bits per heavy atom. The predicted molar refractivity (Wildman–Crippen MR) is 53.8 cm³/mol. The summed E-state index contributed by atoms with van der Waals surface area (Å²) in [5, 5.41) is 19.7. The number of aliphatic hydroxyl groups is 1. The zero-order valence-electron chi connectivity index (χ0n) is 8.51. The lowest BCUT2D eigenvalue weighted by molar-refractivity contribution is -0.386. The molecule has 0 aliphatic rings. The van der Waals surface area contributed by atoms with Crippen molar-refractivity contribution in [3.05, 3.63) is 38.3 Å². The quantitative estimate of drug-likeness (QED) is 0.582. The van der Waals surface area contributed by atoms with Gasteiger partial charge in [0.05, 0.1) is 23.8 Å². The molecule has 6 nitrogen and oxygen atoms in total. The Morgan fingerprint density at radius 1 is 1.67 bits per heavy atom. The maximum Gasteiger partial charge on any atom is 0.288 e. The number of aliphatic hydroxyl groups excluding tert-OH is 1. The van der Waals surface area contributed by atoms with Gasteiger partial charge < -0.3 is 9.67 Å². The number of rotatable bonds is 3. The van der Waals surface area contributed by atoms with Crippen molar-refractivity contribution >= 4 is 5.69 Å². The highest BCUT2D eigenvalue weighted by Crippen LogP contribution is 2.13. The molecule has 0 aliphatic heterocycles. The highest BCUT2D eigenvalue weighted by atomic mass is 16.6. The molecule has 1 N–H and O–H groups in total. The molecule has 0 saturated heterocycles. The minimum Gasteiger partial charge on any atom is -0.392 e. The molecule has 82 valence electrons. The molecule has 1 aromatic rings. The van der Waals surface area contributed by atoms with Crippen LogP contribution >= 0.6 is 0 Å². The van der Waals surface area contributed by atoms with Crippen LogP contribution in [0.2, 0.25) is 0 Å². The summed E-state index contributed by atoms with van der Waals surface area (Å²) in [5.74, 6) is 0. The molecular weight excluding hydrogens is 200 g/mol. The molecule has 0 spiro atoms. The first-order chi connectivity index (χ1) is 6.91. The summed E-state index contributed by atoms with van der Waals surface area (Å²) >= 11 is 0. The van der Waals surface area contributed by atoms with Crippen molar-refractivity contribution in [2.24, 2.45) is 0 Å². The van der Waals surface area contributed by atoms with E-state index in [1.807, 2.05) is 0 Å². The number of pyridine rings is 1. The molecule has 1 rings (SSSR count). The van der Waals surface area contributed by atoms with Crippen LogP contribution in [0.1, 0.15) is 12.5 Å². The van der Waals surface area contributed by atoms with Gasteiger partial charge in [-0.3, -0.25) is 14.9 Å². The van der Waals surface area contributed by atoms with Gasteiger partial charge in [-0.1, -0.05) is 0 Å². The van der Waals surface area contributed by atoms with E-state index < -0.39 is 11.0 Å². The standard InChI is InChI=1S/C9H12N2O4/c1-6-3-9(13)10(4-7(2)12)5-8(6)11(14)15/h3,5,7,12H,4H2,1-2H3. The second-order valence-corrected chi connectivity index (χ2v) is 3.44. The lowest BCUT2D eigenvalue weighted by atomic mass is 10.2. The highest BCUT2D eigenvalue weighted by molar-refractivity contribution is 5.35. The smallest absolute Gasteiger partial charge is 0.288 e. The zero-order valence-corrected chi connectivity index (χ0v) is 8.51. The number of nitrogens with zero attached hydrogens (tertiary/aromatic N) is 2. The van der Waals surface area contributed by atoms with E-state index in [1.165, 1.54) is 19.9 Å². The van der Waals surface area contributed by atoms with Crippen molar-refractivity contribution in [2.75, 3.05) is 0 Å². The number of hydrogen-bond donors (Lipinski definition) is 1. The normalized spacial score (nSPS) is 12.5. The molecule has 0 amide bonds. The van der Waals surface area contributed by atoms with Crippen LogP contribution in [0, 0.1) is 17.0 Å². The Hall–Kier alpha value is -1.69. The van der Waals surface area contributed by atoms with Gasteiger partial charge in [0, 0.05) is 11.6 Å². The van der Waals surface area contributed by atoms with E-state index in [-0.39, 0.29) is 17.8 Å². The Bertz CT molecular complexity index is 436.